The van der Waals surface area contributed by atoms with Crippen LogP contribution in [0, 0.1) is 5.82 Å². The zero-order valence-electron chi connectivity index (χ0n) is 16.4. The third-order valence-electron chi connectivity index (χ3n) is 4.25. The predicted molar refractivity (Wildman–Crippen MR) is 115 cm³/mol. The second-order valence-electron chi connectivity index (χ2n) is 6.64. The second kappa shape index (κ2) is 8.96. The fourth-order valence-electron chi connectivity index (χ4n) is 2.91. The summed E-state index contributed by atoms with van der Waals surface area (Å²) >= 11 is 0. The van der Waals surface area contributed by atoms with Crippen molar-refractivity contribution in [1.29, 1.82) is 0 Å². The Bertz CT molecular complexity index is 1120. The largest absolute Gasteiger partial charge is 0.457 e. The molecule has 0 saturated heterocycles. The molecule has 0 aliphatic heterocycles. The van der Waals surface area contributed by atoms with Gasteiger partial charge < -0.3 is 10.1 Å². The summed E-state index contributed by atoms with van der Waals surface area (Å²) in [4.78, 5) is 12.6. The van der Waals surface area contributed by atoms with Crippen molar-refractivity contribution in [3.8, 4) is 11.5 Å². The van der Waals surface area contributed by atoms with Crippen molar-refractivity contribution >= 4 is 27.3 Å². The van der Waals surface area contributed by atoms with Gasteiger partial charge in [0.25, 0.3) is 0 Å². The summed E-state index contributed by atoms with van der Waals surface area (Å²) in [5, 5.41) is 2.54. The van der Waals surface area contributed by atoms with E-state index in [9.17, 15) is 17.6 Å². The maximum atomic E-state index is 13.4. The maximum absolute atomic E-state index is 13.4. The summed E-state index contributed by atoms with van der Waals surface area (Å²) in [5.41, 5.74) is 0.548. The molecule has 30 heavy (non-hydrogen) atoms. The van der Waals surface area contributed by atoms with Gasteiger partial charge in [-0.25, -0.2) is 12.8 Å². The van der Waals surface area contributed by atoms with Crippen molar-refractivity contribution in [1.82, 2.24) is 0 Å². The Morgan fingerprint density at radius 2 is 1.60 bits per heavy atom. The molecule has 1 amide bonds. The van der Waals surface area contributed by atoms with E-state index in [1.807, 2.05) is 18.2 Å². The highest BCUT2D eigenvalue weighted by Gasteiger charge is 2.29. The van der Waals surface area contributed by atoms with E-state index >= 15 is 0 Å². The van der Waals surface area contributed by atoms with E-state index < -0.39 is 27.8 Å². The lowest BCUT2D eigenvalue weighted by Gasteiger charge is -2.28. The van der Waals surface area contributed by atoms with E-state index in [1.165, 1.54) is 25.1 Å². The quantitative estimate of drug-likeness (QED) is 0.605. The minimum Gasteiger partial charge on any atom is -0.457 e. The first-order valence-electron chi connectivity index (χ1n) is 9.13. The summed E-state index contributed by atoms with van der Waals surface area (Å²) in [5.74, 6) is 0.0772. The number of carbonyl (C=O) groups is 1. The molecule has 0 fully saturated rings. The molecule has 0 saturated carbocycles. The Labute approximate surface area is 175 Å². The van der Waals surface area contributed by atoms with Crippen LogP contribution in [0.4, 0.5) is 15.8 Å². The van der Waals surface area contributed by atoms with E-state index in [-0.39, 0.29) is 5.69 Å². The minimum absolute atomic E-state index is 0.243. The van der Waals surface area contributed by atoms with Gasteiger partial charge in [0.05, 0.1) is 11.9 Å². The molecular weight excluding hydrogens is 407 g/mol. The van der Waals surface area contributed by atoms with Crippen LogP contribution in [0.1, 0.15) is 6.92 Å². The summed E-state index contributed by atoms with van der Waals surface area (Å²) in [6, 6.07) is 19.8. The number of nitrogens with one attached hydrogen (secondary N) is 1. The molecule has 6 nitrogen and oxygen atoms in total. The molecule has 8 heteroatoms. The van der Waals surface area contributed by atoms with Gasteiger partial charge in [-0.05, 0) is 61.5 Å². The molecule has 0 unspecified atom stereocenters. The van der Waals surface area contributed by atoms with Gasteiger partial charge >= 0.3 is 0 Å². The normalized spacial score (nSPS) is 12.1. The number of rotatable bonds is 7. The molecule has 3 aromatic carbocycles. The monoisotopic (exact) mass is 428 g/mol. The Kier molecular flexibility index (Phi) is 6.37. The van der Waals surface area contributed by atoms with Crippen molar-refractivity contribution in [2.45, 2.75) is 13.0 Å². The summed E-state index contributed by atoms with van der Waals surface area (Å²) < 4.78 is 44.9. The van der Waals surface area contributed by atoms with Crippen LogP contribution in [-0.4, -0.2) is 26.6 Å². The van der Waals surface area contributed by atoms with Gasteiger partial charge in [0.15, 0.2) is 0 Å². The molecule has 1 atom stereocenters. The van der Waals surface area contributed by atoms with E-state index in [0.717, 1.165) is 16.6 Å². The molecule has 0 radical (unpaired) electrons. The molecule has 0 bridgehead atoms. The number of hydrogen-bond donors (Lipinski definition) is 1. The highest BCUT2D eigenvalue weighted by Crippen LogP contribution is 2.27. The summed E-state index contributed by atoms with van der Waals surface area (Å²) in [7, 11) is -3.78. The number of carbonyl (C=O) groups excluding carboxylic acids is 1. The Morgan fingerprint density at radius 3 is 2.20 bits per heavy atom. The number of hydrogen-bond acceptors (Lipinski definition) is 4. The molecule has 156 valence electrons. The average molecular weight is 428 g/mol. The standard InChI is InChI=1S/C22H21FN2O4S/c1-16(22(26)24-18-8-6-7-17(23)15-18)25(30(2,27)28)19-11-13-21(14-12-19)29-20-9-4-3-5-10-20/h3-16H,1-2H3,(H,24,26)/t16-/m1/s1. The van der Waals surface area contributed by atoms with E-state index in [1.54, 1.807) is 36.4 Å². The Hall–Kier alpha value is -3.39. The number of nitrogens with zero attached hydrogens (tertiary/aromatic N) is 1. The molecule has 0 aliphatic rings. The van der Waals surface area contributed by atoms with Crippen LogP contribution in [0.3, 0.4) is 0 Å². The molecule has 0 aliphatic carbocycles. The van der Waals surface area contributed by atoms with Gasteiger partial charge in [-0.15, -0.1) is 0 Å². The second-order valence-corrected chi connectivity index (χ2v) is 8.50. The number of ether oxygens (including phenoxy) is 1. The van der Waals surface area contributed by atoms with E-state index in [0.29, 0.717) is 17.2 Å². The van der Waals surface area contributed by atoms with Crippen LogP contribution in [0.2, 0.25) is 0 Å². The first kappa shape index (κ1) is 21.3. The summed E-state index contributed by atoms with van der Waals surface area (Å²) in [6.07, 6.45) is 1.02. The smallest absolute Gasteiger partial charge is 0.247 e. The van der Waals surface area contributed by atoms with Crippen molar-refractivity contribution < 1.29 is 22.3 Å². The summed E-state index contributed by atoms with van der Waals surface area (Å²) in [6.45, 7) is 1.46. The van der Waals surface area contributed by atoms with Gasteiger partial charge in [-0.1, -0.05) is 24.3 Å². The van der Waals surface area contributed by atoms with E-state index in [2.05, 4.69) is 5.32 Å². The highest BCUT2D eigenvalue weighted by molar-refractivity contribution is 7.92. The van der Waals surface area contributed by atoms with Crippen LogP contribution in [0.15, 0.2) is 78.9 Å². The Morgan fingerprint density at radius 1 is 0.967 bits per heavy atom. The highest BCUT2D eigenvalue weighted by atomic mass is 32.2. The molecular formula is C22H21FN2O4S. The van der Waals surface area contributed by atoms with Crippen LogP contribution in [0.25, 0.3) is 0 Å². The topological polar surface area (TPSA) is 75.7 Å². The van der Waals surface area contributed by atoms with Gasteiger partial charge in [-0.2, -0.15) is 0 Å². The SMILES string of the molecule is C[C@H](C(=O)Nc1cccc(F)c1)N(c1ccc(Oc2ccccc2)cc1)S(C)(=O)=O. The molecule has 0 spiro atoms. The lowest BCUT2D eigenvalue weighted by Crippen LogP contribution is -2.45. The molecule has 1 N–H and O–H groups in total. The fraction of sp³-hybridized carbons (Fsp3) is 0.136. The van der Waals surface area contributed by atoms with Crippen LogP contribution in [-0.2, 0) is 14.8 Å². The zero-order valence-corrected chi connectivity index (χ0v) is 17.3. The van der Waals surface area contributed by atoms with Gasteiger partial charge in [-0.3, -0.25) is 9.10 Å². The third-order valence-corrected chi connectivity index (χ3v) is 5.49. The van der Waals surface area contributed by atoms with Crippen LogP contribution >= 0.6 is 0 Å². The van der Waals surface area contributed by atoms with Crippen LogP contribution in [0.5, 0.6) is 11.5 Å². The average Bonchev–Trinajstić information content (AvgIpc) is 2.69. The van der Waals surface area contributed by atoms with Gasteiger partial charge in [0.1, 0.15) is 23.4 Å². The maximum Gasteiger partial charge on any atom is 0.247 e. The van der Waals surface area contributed by atoms with Crippen molar-refractivity contribution in [2.75, 3.05) is 15.9 Å². The van der Waals surface area contributed by atoms with Crippen molar-refractivity contribution in [2.24, 2.45) is 0 Å². The lowest BCUT2D eigenvalue weighted by atomic mass is 10.2. The third kappa shape index (κ3) is 5.36. The van der Waals surface area contributed by atoms with Crippen molar-refractivity contribution in [3.05, 3.63) is 84.7 Å². The number of benzene rings is 3. The zero-order chi connectivity index (χ0) is 21.7. The molecule has 3 aromatic rings. The molecule has 0 aromatic heterocycles. The van der Waals surface area contributed by atoms with E-state index in [4.69, 9.17) is 4.74 Å². The van der Waals surface area contributed by atoms with Gasteiger partial charge in [0.2, 0.25) is 15.9 Å². The fourth-order valence-corrected chi connectivity index (χ4v) is 4.08. The number of sulfonamides is 1. The number of halogens is 1. The van der Waals surface area contributed by atoms with Crippen LogP contribution < -0.4 is 14.4 Å². The van der Waals surface area contributed by atoms with Gasteiger partial charge in [0, 0.05) is 5.69 Å². The number of amides is 1. The molecule has 3 rings (SSSR count). The van der Waals surface area contributed by atoms with Crippen molar-refractivity contribution in [3.63, 3.8) is 0 Å². The molecule has 0 heterocycles. The lowest BCUT2D eigenvalue weighted by molar-refractivity contribution is -0.116. The number of anilines is 2. The Balaban J connectivity index is 1.80. The predicted octanol–water partition coefficient (Wildman–Crippen LogP) is 4.41. The first-order chi connectivity index (χ1) is 14.2. The minimum atomic E-state index is -3.78. The number of para-hydroxylation sites is 1. The first-order valence-corrected chi connectivity index (χ1v) is 11.0.